The molecule has 17 heteroatoms. The van der Waals surface area contributed by atoms with Crippen LogP contribution in [0.15, 0.2) is 218 Å². The lowest BCUT2D eigenvalue weighted by Crippen LogP contribution is -2.48. The second-order valence-electron chi connectivity index (χ2n) is 27.5. The third kappa shape index (κ3) is 32.4. The summed E-state index contributed by atoms with van der Waals surface area (Å²) in [5, 5.41) is 15.3. The van der Waals surface area contributed by atoms with Gasteiger partial charge in [0.05, 0.1) is 24.1 Å². The number of pyridine rings is 3. The first kappa shape index (κ1) is 84.6. The fraction of sp³-hybridized carbons (Fsp3) is 0.395. The molecule has 103 heavy (non-hydrogen) atoms. The average molecular weight is 1400 g/mol. The predicted octanol–water partition coefficient (Wildman–Crippen LogP) is 13.7. The van der Waals surface area contributed by atoms with E-state index in [4.69, 9.17) is 5.73 Å². The molecule has 4 aliphatic heterocycles. The summed E-state index contributed by atoms with van der Waals surface area (Å²) in [5.74, 6) is 2.16. The number of likely N-dealkylation sites (tertiary alicyclic amines) is 3. The van der Waals surface area contributed by atoms with E-state index in [1.54, 1.807) is 31.7 Å². The molecule has 0 saturated carbocycles. The third-order valence-corrected chi connectivity index (χ3v) is 18.8. The molecule has 3 unspecified atom stereocenters. The van der Waals surface area contributed by atoms with Gasteiger partial charge in [-0.15, -0.1) is 0 Å². The number of carbonyl (C=O) groups excluding carboxylic acids is 4. The van der Waals surface area contributed by atoms with E-state index < -0.39 is 0 Å². The molecule has 8 aromatic rings. The van der Waals surface area contributed by atoms with Crippen LogP contribution in [0.2, 0.25) is 0 Å². The number of anilines is 3. The number of carbonyl (C=O) groups is 4. The van der Waals surface area contributed by atoms with Crippen LogP contribution in [-0.2, 0) is 51.9 Å². The first-order valence-corrected chi connectivity index (χ1v) is 36.2. The van der Waals surface area contributed by atoms with Crippen LogP contribution in [0.5, 0.6) is 0 Å². The Kier molecular flexibility index (Phi) is 38.2. The molecule has 0 radical (unpaired) electrons. The lowest BCUT2D eigenvalue weighted by molar-refractivity contribution is -0.687. The van der Waals surface area contributed by atoms with E-state index >= 15 is 0 Å². The number of nitrogen functional groups attached to an aromatic ring is 1. The average Bonchev–Trinajstić information content (AvgIpc) is 0.882. The normalized spacial score (nSPS) is 18.1. The molecular formula is C86H119N13O4. The highest BCUT2D eigenvalue weighted by Crippen LogP contribution is 2.22. The van der Waals surface area contributed by atoms with Gasteiger partial charge in [-0.05, 0) is 150 Å². The molecule has 17 nitrogen and oxygen atoms in total. The van der Waals surface area contributed by atoms with Crippen LogP contribution in [0.1, 0.15) is 119 Å². The maximum atomic E-state index is 11.6. The van der Waals surface area contributed by atoms with Gasteiger partial charge in [-0.3, -0.25) is 48.7 Å². The number of aryl methyl sites for hydroxylation is 3. The number of nitrogens with one attached hydrogen (secondary N) is 5. The maximum absolute atomic E-state index is 11.6. The number of aromatic nitrogens is 3. The maximum Gasteiger partial charge on any atom is 0.221 e. The Labute approximate surface area is 617 Å². The highest BCUT2D eigenvalue weighted by atomic mass is 16.2. The van der Waals surface area contributed by atoms with Crippen molar-refractivity contribution >= 4 is 40.6 Å². The molecule has 5 atom stereocenters. The molecule has 7 N–H and O–H groups in total. The Balaban J connectivity index is 0.000000218. The van der Waals surface area contributed by atoms with Gasteiger partial charge in [0.2, 0.25) is 17.7 Å². The first-order valence-electron chi connectivity index (χ1n) is 36.2. The number of amides is 3. The molecular weight excluding hydrogens is 1280 g/mol. The third-order valence-electron chi connectivity index (χ3n) is 18.8. The second kappa shape index (κ2) is 46.5. The van der Waals surface area contributed by atoms with Crippen molar-refractivity contribution in [2.75, 3.05) is 82.8 Å². The zero-order chi connectivity index (χ0) is 73.6. The minimum Gasteiger partial charge on any atom is -0.397 e. The van der Waals surface area contributed by atoms with Crippen LogP contribution in [-0.4, -0.2) is 132 Å². The largest absolute Gasteiger partial charge is 0.397 e. The lowest BCUT2D eigenvalue weighted by atomic mass is 9.93. The fourth-order valence-electron chi connectivity index (χ4n) is 12.3. The van der Waals surface area contributed by atoms with Gasteiger partial charge < -0.3 is 39.7 Å². The van der Waals surface area contributed by atoms with E-state index in [-0.39, 0.29) is 31.1 Å². The summed E-state index contributed by atoms with van der Waals surface area (Å²) >= 11 is 0. The van der Waals surface area contributed by atoms with Gasteiger partial charge >= 0.3 is 0 Å². The first-order chi connectivity index (χ1) is 49.1. The lowest BCUT2D eigenvalue weighted by Gasteiger charge is -2.37. The van der Waals surface area contributed by atoms with E-state index in [1.807, 2.05) is 101 Å². The molecule has 0 bridgehead atoms. The van der Waals surface area contributed by atoms with E-state index in [1.165, 1.54) is 86.3 Å². The number of ketones is 1. The zero-order valence-corrected chi connectivity index (χ0v) is 63.9. The van der Waals surface area contributed by atoms with E-state index in [2.05, 4.69) is 205 Å². The van der Waals surface area contributed by atoms with Gasteiger partial charge in [0.1, 0.15) is 11.5 Å². The number of hydrogen-bond donors (Lipinski definition) is 6. The Morgan fingerprint density at radius 2 is 0.883 bits per heavy atom. The highest BCUT2D eigenvalue weighted by molar-refractivity contribution is 5.89. The van der Waals surface area contributed by atoms with Crippen molar-refractivity contribution < 1.29 is 23.7 Å². The topological polar surface area (TPSA) is 197 Å². The molecule has 3 fully saturated rings. The summed E-state index contributed by atoms with van der Waals surface area (Å²) < 4.78 is 2.06. The summed E-state index contributed by atoms with van der Waals surface area (Å²) in [4.78, 5) is 61.9. The SMILES string of the molecule is CC(=O)NC1=C(C)CCN(Cc2ccccc2)C1.CC(=O)Nc1c[n+](Cc2ccccc2)ccc1C.CC(=O)Nc1cnccc1C.CC1CCN(Cc2ccccc2)CC1=O.CNC1CN(Cc2ccccc2)CCC1C.CN[C@H]1CN(Cc2ccccc2)CC[C@H]1C.Cc1ccncc1N.[CH3-]. The van der Waals surface area contributed by atoms with E-state index in [0.29, 0.717) is 24.4 Å². The zero-order valence-electron chi connectivity index (χ0n) is 63.9. The molecule has 4 aliphatic rings. The Morgan fingerprint density at radius 3 is 1.29 bits per heavy atom. The van der Waals surface area contributed by atoms with Crippen molar-refractivity contribution in [1.82, 2.24) is 45.5 Å². The number of hydrogen-bond acceptors (Lipinski definition) is 13. The van der Waals surface area contributed by atoms with Gasteiger partial charge in [-0.25, -0.2) is 0 Å². The van der Waals surface area contributed by atoms with Gasteiger partial charge in [0, 0.05) is 127 Å². The van der Waals surface area contributed by atoms with E-state index in [9.17, 15) is 19.2 Å². The van der Waals surface area contributed by atoms with Gasteiger partial charge in [0.25, 0.3) is 0 Å². The van der Waals surface area contributed by atoms with Crippen molar-refractivity contribution in [2.24, 2.45) is 17.8 Å². The minimum absolute atomic E-state index is 0. The fourth-order valence-corrected chi connectivity index (χ4v) is 12.3. The van der Waals surface area contributed by atoms with Crippen LogP contribution in [0, 0.1) is 46.0 Å². The standard InChI is InChI=1S/C15H20N2O.C15H16N2O.2C14H22N2.C13H17NO.C8H10N2O.C6H8N2.CH3/c2*1-12-8-9-17(11-15(12)16-13(2)18)10-14-6-4-3-5-7-14;2*1-12-8-9-16(11-14(12)15-2)10-13-6-4-3-5-7-13;1-11-7-8-14(10-13(11)15)9-12-5-3-2-4-6-12;1-6-3-4-9-5-8(6)10-7(2)11;1-5-2-3-8-4-6(5)7;/h3-7H,8-11H2,1-2H3,(H,16,18);3-9,11H,10H2,1-2H3;2*3-7,12,14-15H,8-11H2,1-2H3;2-6,11H,7-10H2,1H3;3-5H,1-2H3,(H,10,11);2-4H,7H2,1H3;1H3/q;;;;;;;-1/p+1/t;;12-,14+;;;;;/m..1...../s1. The summed E-state index contributed by atoms with van der Waals surface area (Å²) in [7, 11) is 4.15. The summed E-state index contributed by atoms with van der Waals surface area (Å²) in [6.45, 7) is 32.4. The Morgan fingerprint density at radius 1 is 0.485 bits per heavy atom. The van der Waals surface area contributed by atoms with Crippen molar-refractivity contribution in [3.63, 3.8) is 0 Å². The molecule has 552 valence electrons. The number of rotatable bonds is 15. The van der Waals surface area contributed by atoms with Crippen LogP contribution in [0.25, 0.3) is 0 Å². The molecule has 5 aromatic carbocycles. The molecule has 12 rings (SSSR count). The number of benzene rings is 5. The van der Waals surface area contributed by atoms with Gasteiger partial charge in [-0.2, -0.15) is 4.57 Å². The van der Waals surface area contributed by atoms with E-state index in [0.717, 1.165) is 116 Å². The van der Waals surface area contributed by atoms with Crippen LogP contribution in [0.3, 0.4) is 0 Å². The second-order valence-corrected chi connectivity index (χ2v) is 27.5. The summed E-state index contributed by atoms with van der Waals surface area (Å²) in [6.07, 6.45) is 15.3. The van der Waals surface area contributed by atoms with Crippen molar-refractivity contribution in [3.8, 4) is 0 Å². The highest BCUT2D eigenvalue weighted by Gasteiger charge is 2.27. The quantitative estimate of drug-likeness (QED) is 0.0419. The Bertz CT molecular complexity index is 3680. The molecule has 3 aromatic heterocycles. The molecule has 0 spiro atoms. The molecule has 3 amide bonds. The molecule has 0 aliphatic carbocycles. The van der Waals surface area contributed by atoms with Gasteiger partial charge in [-0.1, -0.05) is 178 Å². The number of likely N-dealkylation sites (N-methyl/N-ethyl adjacent to an activating group) is 2. The van der Waals surface area contributed by atoms with Crippen molar-refractivity contribution in [3.05, 3.63) is 270 Å². The number of piperidine rings is 3. The summed E-state index contributed by atoms with van der Waals surface area (Å²) in [5.41, 5.74) is 20.1. The smallest absolute Gasteiger partial charge is 0.221 e. The molecule has 7 heterocycles. The Hall–Kier alpha value is -9.07. The van der Waals surface area contributed by atoms with Crippen molar-refractivity contribution in [1.29, 1.82) is 0 Å². The molecule has 3 saturated heterocycles. The monoisotopic (exact) mass is 1400 g/mol. The van der Waals surface area contributed by atoms with Crippen LogP contribution >= 0.6 is 0 Å². The number of nitrogens with two attached hydrogens (primary N) is 1. The predicted molar refractivity (Wildman–Crippen MR) is 424 cm³/mol. The van der Waals surface area contributed by atoms with Crippen LogP contribution < -0.4 is 36.9 Å². The minimum atomic E-state index is -0.0684. The number of Topliss-reactive ketones (excluding diaryl/α,β-unsaturated/α-hetero) is 1. The van der Waals surface area contributed by atoms with Crippen LogP contribution in [0.4, 0.5) is 17.1 Å². The van der Waals surface area contributed by atoms with Crippen molar-refractivity contribution in [2.45, 2.75) is 140 Å². The summed E-state index contributed by atoms with van der Waals surface area (Å²) in [6, 6.07) is 59.6. The number of nitrogens with zero attached hydrogens (tertiary/aromatic N) is 7. The van der Waals surface area contributed by atoms with Gasteiger partial charge in [0.15, 0.2) is 18.9 Å².